The molecule has 0 aliphatic carbocycles. The Kier molecular flexibility index (Phi) is 12.3. The third-order valence-corrected chi connectivity index (χ3v) is 12.2. The summed E-state index contributed by atoms with van der Waals surface area (Å²) in [6.45, 7) is 0. The van der Waals surface area contributed by atoms with Gasteiger partial charge in [-0.05, 0) is 0 Å². The highest BCUT2D eigenvalue weighted by atomic mass is 79.9. The lowest BCUT2D eigenvalue weighted by Gasteiger charge is -2.22. The van der Waals surface area contributed by atoms with Gasteiger partial charge in [0, 0.05) is 11.5 Å². The predicted octanol–water partition coefficient (Wildman–Crippen LogP) is 6.87. The molecule has 0 radical (unpaired) electrons. The number of nitriles is 1. The van der Waals surface area contributed by atoms with Crippen LogP contribution < -0.4 is 0 Å². The average Bonchev–Trinajstić information content (AvgIpc) is 2.32. The largest absolute Gasteiger partial charge is 0.207 e. The van der Waals surface area contributed by atoms with Crippen LogP contribution in [-0.2, 0) is 0 Å². The number of nitrogens with zero attached hydrogens (tertiary/aromatic N) is 2. The summed E-state index contributed by atoms with van der Waals surface area (Å²) >= 11 is 39.6. The molecule has 0 aromatic carbocycles. The molecule has 0 saturated carbocycles. The number of rotatable bonds is 6. The van der Waals surface area contributed by atoms with E-state index in [0.29, 0.717) is 15.9 Å². The van der Waals surface area contributed by atoms with Gasteiger partial charge in [-0.3, -0.25) is 0 Å². The Labute approximate surface area is 180 Å². The molecule has 12 heteroatoms. The van der Waals surface area contributed by atoms with Crippen LogP contribution in [0.1, 0.15) is 0 Å². The maximum absolute atomic E-state index is 8.69. The Balaban J connectivity index is 4.56. The summed E-state index contributed by atoms with van der Waals surface area (Å²) < 4.78 is -2.14. The first kappa shape index (κ1) is 22.9. The van der Waals surface area contributed by atoms with Crippen molar-refractivity contribution < 1.29 is 0 Å². The summed E-state index contributed by atoms with van der Waals surface area (Å²) in [6.07, 6.45) is 1.74. The van der Waals surface area contributed by atoms with Crippen molar-refractivity contribution in [2.45, 2.75) is 16.1 Å². The Hall–Kier alpha value is 2.94. The van der Waals surface area contributed by atoms with Crippen molar-refractivity contribution in [1.29, 1.82) is 5.26 Å². The number of hydrogen-bond acceptors (Lipinski definition) is 4. The summed E-state index contributed by atoms with van der Waals surface area (Å²) in [6, 6.07) is 0. The Bertz CT molecular complexity index is 361. The molecular formula is C8H6Br4Cl4N2S2. The molecule has 0 aromatic heterocycles. The molecule has 0 bridgehead atoms. The highest BCUT2D eigenvalue weighted by molar-refractivity contribution is 9.13. The Morgan fingerprint density at radius 1 is 1.10 bits per heavy atom. The lowest BCUT2D eigenvalue weighted by molar-refractivity contribution is 1.03. The molecular weight excluding hydrogens is 650 g/mol. The number of halogens is 8. The van der Waals surface area contributed by atoms with Gasteiger partial charge in [0.25, 0.3) is 0 Å². The molecule has 0 saturated heterocycles. The van der Waals surface area contributed by atoms with E-state index in [9.17, 15) is 0 Å². The van der Waals surface area contributed by atoms with Gasteiger partial charge < -0.3 is 0 Å². The zero-order valence-electron chi connectivity index (χ0n) is 9.30. The van der Waals surface area contributed by atoms with Crippen molar-refractivity contribution in [3.05, 3.63) is 0 Å². The van der Waals surface area contributed by atoms with Gasteiger partial charge in [-0.2, -0.15) is 10.3 Å². The van der Waals surface area contributed by atoms with Crippen molar-refractivity contribution in [2.24, 2.45) is 4.99 Å². The third kappa shape index (κ3) is 9.29. The molecule has 4 atom stereocenters. The van der Waals surface area contributed by atoms with Crippen LogP contribution in [0.3, 0.4) is 0 Å². The maximum Gasteiger partial charge on any atom is 0.207 e. The van der Waals surface area contributed by atoms with Crippen molar-refractivity contribution in [3.8, 4) is 6.19 Å². The van der Waals surface area contributed by atoms with Crippen molar-refractivity contribution in [2.75, 3.05) is 11.5 Å². The van der Waals surface area contributed by atoms with Gasteiger partial charge in [0.05, 0.1) is 0 Å². The highest BCUT2D eigenvalue weighted by Crippen LogP contribution is 2.42. The smallest absolute Gasteiger partial charge is 0.170 e. The van der Waals surface area contributed by atoms with Crippen LogP contribution in [0.25, 0.3) is 0 Å². The van der Waals surface area contributed by atoms with Gasteiger partial charge in [0.1, 0.15) is 20.5 Å². The first-order valence-electron chi connectivity index (χ1n) is 4.57. The second kappa shape index (κ2) is 10.7. The van der Waals surface area contributed by atoms with E-state index in [2.05, 4.69) is 68.7 Å². The summed E-state index contributed by atoms with van der Waals surface area (Å²) in [5.41, 5.74) is 0. The van der Waals surface area contributed by atoms with E-state index in [0.717, 1.165) is 0 Å². The van der Waals surface area contributed by atoms with Gasteiger partial charge in [-0.1, -0.05) is 87.2 Å². The van der Waals surface area contributed by atoms with Gasteiger partial charge in [-0.15, -0.1) is 46.4 Å². The molecule has 0 fully saturated rings. The zero-order chi connectivity index (χ0) is 16.0. The molecule has 0 spiro atoms. The van der Waals surface area contributed by atoms with Crippen LogP contribution in [0.2, 0.25) is 0 Å². The quantitative estimate of drug-likeness (QED) is 0.136. The van der Waals surface area contributed by atoms with Gasteiger partial charge in [0.15, 0.2) is 0 Å². The predicted molar refractivity (Wildman–Crippen MR) is 110 cm³/mol. The van der Waals surface area contributed by atoms with Crippen LogP contribution in [0.5, 0.6) is 0 Å². The van der Waals surface area contributed by atoms with Gasteiger partial charge in [0.2, 0.25) is 6.19 Å². The molecule has 0 aliphatic heterocycles. The second-order valence-corrected chi connectivity index (χ2v) is 14.2. The summed E-state index contributed by atoms with van der Waals surface area (Å²) in [5, 5.41) is 8.69. The summed E-state index contributed by atoms with van der Waals surface area (Å²) in [4.78, 5) is 3.72. The highest BCUT2D eigenvalue weighted by Gasteiger charge is 2.34. The van der Waals surface area contributed by atoms with Crippen LogP contribution in [-0.4, -0.2) is 32.0 Å². The SMILES string of the molecule is N#CN=C(SCC(Cl)(Br)C(Cl)Br)SCC(Cl)(Br)C(Cl)Br. The fraction of sp³-hybridized carbons (Fsp3) is 0.750. The molecule has 20 heavy (non-hydrogen) atoms. The van der Waals surface area contributed by atoms with E-state index in [-0.39, 0.29) is 0 Å². The number of hydrogen-bond donors (Lipinski definition) is 0. The normalized spacial score (nSPS) is 20.1. The molecule has 0 heterocycles. The molecule has 4 unspecified atom stereocenters. The minimum atomic E-state index is -0.854. The van der Waals surface area contributed by atoms with Gasteiger partial charge in [-0.25, -0.2) is 0 Å². The van der Waals surface area contributed by atoms with E-state index in [4.69, 9.17) is 51.7 Å². The van der Waals surface area contributed by atoms with Crippen molar-refractivity contribution in [1.82, 2.24) is 0 Å². The first-order valence-corrected chi connectivity index (χ1v) is 11.6. The van der Waals surface area contributed by atoms with Gasteiger partial charge >= 0.3 is 0 Å². The van der Waals surface area contributed by atoms with Crippen LogP contribution in [0.15, 0.2) is 4.99 Å². The monoisotopic (exact) mass is 650 g/mol. The molecule has 2 nitrogen and oxygen atoms in total. The minimum absolute atomic E-state index is 0.400. The maximum atomic E-state index is 8.69. The number of aliphatic imine (C=N–C) groups is 1. The fourth-order valence-electron chi connectivity index (χ4n) is 0.589. The zero-order valence-corrected chi connectivity index (χ0v) is 20.3. The van der Waals surface area contributed by atoms with Crippen molar-refractivity contribution >= 4 is 138 Å². The molecule has 0 rings (SSSR count). The second-order valence-electron chi connectivity index (χ2n) is 3.18. The topological polar surface area (TPSA) is 36.1 Å². The standard InChI is InChI=1S/C8H6Br4Cl4N2S2/c9-4(13)7(11,15)1-19-6(18-3-17)20-2-8(12,16)5(10)14/h4-5H,1-2H2. The van der Waals surface area contributed by atoms with E-state index in [1.165, 1.54) is 23.5 Å². The summed E-state index contributed by atoms with van der Waals surface area (Å²) in [7, 11) is 0. The lowest BCUT2D eigenvalue weighted by atomic mass is 10.5. The van der Waals surface area contributed by atoms with E-state index in [1.807, 2.05) is 0 Å². The lowest BCUT2D eigenvalue weighted by Crippen LogP contribution is -2.26. The minimum Gasteiger partial charge on any atom is -0.170 e. The van der Waals surface area contributed by atoms with Crippen LogP contribution in [0, 0.1) is 11.5 Å². The Morgan fingerprint density at radius 3 is 1.70 bits per heavy atom. The number of thioether (sulfide) groups is 2. The van der Waals surface area contributed by atoms with Crippen LogP contribution >= 0.6 is 134 Å². The van der Waals surface area contributed by atoms with E-state index < -0.39 is 16.1 Å². The molecule has 0 aromatic rings. The van der Waals surface area contributed by atoms with E-state index >= 15 is 0 Å². The Morgan fingerprint density at radius 2 is 1.45 bits per heavy atom. The molecule has 0 amide bonds. The fourth-order valence-corrected chi connectivity index (χ4v) is 4.56. The first-order chi connectivity index (χ1) is 9.03. The molecule has 116 valence electrons. The number of alkyl halides is 8. The van der Waals surface area contributed by atoms with Crippen molar-refractivity contribution in [3.63, 3.8) is 0 Å². The van der Waals surface area contributed by atoms with Crippen LogP contribution in [0.4, 0.5) is 0 Å². The van der Waals surface area contributed by atoms with E-state index in [1.54, 1.807) is 6.19 Å². The molecule has 0 aliphatic rings. The summed E-state index contributed by atoms with van der Waals surface area (Å²) in [5.74, 6) is 0.801. The third-order valence-electron chi connectivity index (χ3n) is 1.56. The average molecular weight is 656 g/mol. The molecule has 0 N–H and O–H groups in total.